The van der Waals surface area contributed by atoms with Crippen LogP contribution in [0.1, 0.15) is 33.6 Å². The topological polar surface area (TPSA) is 75.6 Å². The van der Waals surface area contributed by atoms with Crippen molar-refractivity contribution in [3.63, 3.8) is 0 Å². The fourth-order valence-electron chi connectivity index (χ4n) is 1.77. The molecule has 0 bridgehead atoms. The first-order chi connectivity index (χ1) is 9.78. The van der Waals surface area contributed by atoms with Crippen LogP contribution in [0.4, 0.5) is 0 Å². The summed E-state index contributed by atoms with van der Waals surface area (Å²) in [5.41, 5.74) is -1.04. The molecular weight excluding hydrogens is 358 g/mol. The Bertz CT molecular complexity index is 570. The van der Waals surface area contributed by atoms with Gasteiger partial charge in [-0.2, -0.15) is 0 Å². The first-order valence-electron chi connectivity index (χ1n) is 6.92. The number of hydrogen-bond donors (Lipinski definition) is 2. The van der Waals surface area contributed by atoms with Crippen LogP contribution in [-0.2, 0) is 10.0 Å². The number of aliphatic hydroxyl groups is 1. The van der Waals surface area contributed by atoms with Crippen LogP contribution in [-0.4, -0.2) is 32.3 Å². The van der Waals surface area contributed by atoms with Crippen molar-refractivity contribution in [2.45, 2.75) is 44.1 Å². The highest BCUT2D eigenvalue weighted by atomic mass is 79.9. The van der Waals surface area contributed by atoms with Crippen LogP contribution in [0.15, 0.2) is 27.6 Å². The van der Waals surface area contributed by atoms with Crippen LogP contribution in [0.3, 0.4) is 0 Å². The van der Waals surface area contributed by atoms with E-state index in [2.05, 4.69) is 20.7 Å². The highest BCUT2D eigenvalue weighted by molar-refractivity contribution is 9.10. The van der Waals surface area contributed by atoms with Gasteiger partial charge in [0.2, 0.25) is 10.0 Å². The Labute approximate surface area is 134 Å². The summed E-state index contributed by atoms with van der Waals surface area (Å²) in [6.07, 6.45) is 0.950. The van der Waals surface area contributed by atoms with Gasteiger partial charge < -0.3 is 9.84 Å². The molecule has 0 unspecified atom stereocenters. The van der Waals surface area contributed by atoms with Crippen LogP contribution in [0.2, 0.25) is 0 Å². The fraction of sp³-hybridized carbons (Fsp3) is 0.571. The smallest absolute Gasteiger partial charge is 0.244 e. The zero-order chi connectivity index (χ0) is 16.1. The lowest BCUT2D eigenvalue weighted by molar-refractivity contribution is 0.0377. The Morgan fingerprint density at radius 1 is 1.29 bits per heavy atom. The van der Waals surface area contributed by atoms with Gasteiger partial charge in [0.15, 0.2) is 0 Å². The summed E-state index contributed by atoms with van der Waals surface area (Å²) in [5.74, 6) is 0.296. The molecule has 0 heterocycles. The first-order valence-corrected chi connectivity index (χ1v) is 9.20. The second-order valence-corrected chi connectivity index (χ2v) is 7.43. The van der Waals surface area contributed by atoms with Crippen LogP contribution < -0.4 is 9.46 Å². The summed E-state index contributed by atoms with van der Waals surface area (Å²) in [7, 11) is -3.75. The first kappa shape index (κ1) is 18.4. The minimum atomic E-state index is -3.75. The van der Waals surface area contributed by atoms with Gasteiger partial charge in [0.05, 0.1) is 12.2 Å². The number of ether oxygens (including phenoxy) is 1. The molecule has 0 spiro atoms. The molecule has 21 heavy (non-hydrogen) atoms. The molecule has 5 nitrogen and oxygen atoms in total. The standard InChI is InChI=1S/C14H22BrNO4S/c1-4-14(17,5-2)10-16-21(18,19)13-9-11(15)7-8-12(13)20-6-3/h7-9,16-17H,4-6,10H2,1-3H3. The molecule has 0 aliphatic rings. The molecule has 0 fully saturated rings. The molecule has 0 radical (unpaired) electrons. The van der Waals surface area contributed by atoms with Crippen LogP contribution >= 0.6 is 15.9 Å². The van der Waals surface area contributed by atoms with E-state index in [-0.39, 0.29) is 11.4 Å². The average molecular weight is 380 g/mol. The van der Waals surface area contributed by atoms with Gasteiger partial charge in [-0.25, -0.2) is 13.1 Å². The predicted molar refractivity (Wildman–Crippen MR) is 86.0 cm³/mol. The second-order valence-electron chi connectivity index (χ2n) is 4.78. The van der Waals surface area contributed by atoms with Crippen molar-refractivity contribution in [2.24, 2.45) is 0 Å². The third-order valence-corrected chi connectivity index (χ3v) is 5.32. The lowest BCUT2D eigenvalue weighted by Crippen LogP contribution is -2.42. The molecule has 0 aliphatic heterocycles. The van der Waals surface area contributed by atoms with E-state index in [1.54, 1.807) is 19.1 Å². The number of nitrogens with one attached hydrogen (secondary N) is 1. The van der Waals surface area contributed by atoms with Gasteiger partial charge in [-0.3, -0.25) is 0 Å². The highest BCUT2D eigenvalue weighted by Gasteiger charge is 2.27. The van der Waals surface area contributed by atoms with Crippen molar-refractivity contribution in [3.05, 3.63) is 22.7 Å². The predicted octanol–water partition coefficient (Wildman–Crippen LogP) is 2.68. The molecule has 0 atom stereocenters. The normalized spacial score (nSPS) is 12.4. The van der Waals surface area contributed by atoms with Crippen molar-refractivity contribution in [3.8, 4) is 5.75 Å². The number of hydrogen-bond acceptors (Lipinski definition) is 4. The zero-order valence-corrected chi connectivity index (χ0v) is 14.9. The van der Waals surface area contributed by atoms with Crippen molar-refractivity contribution in [1.29, 1.82) is 0 Å². The van der Waals surface area contributed by atoms with Crippen LogP contribution in [0.25, 0.3) is 0 Å². The summed E-state index contributed by atoms with van der Waals surface area (Å²) in [6.45, 7) is 5.78. The fourth-order valence-corrected chi connectivity index (χ4v) is 3.57. The van der Waals surface area contributed by atoms with Gasteiger partial charge in [0, 0.05) is 11.0 Å². The Kier molecular flexibility index (Phi) is 6.65. The summed E-state index contributed by atoms with van der Waals surface area (Å²) in [6, 6.07) is 4.82. The lowest BCUT2D eigenvalue weighted by Gasteiger charge is -2.25. The maximum Gasteiger partial charge on any atom is 0.244 e. The van der Waals surface area contributed by atoms with E-state index in [0.717, 1.165) is 0 Å². The lowest BCUT2D eigenvalue weighted by atomic mass is 9.98. The minimum absolute atomic E-state index is 0.0274. The number of halogens is 1. The van der Waals surface area contributed by atoms with Crippen molar-refractivity contribution in [1.82, 2.24) is 4.72 Å². The van der Waals surface area contributed by atoms with E-state index in [1.807, 2.05) is 13.8 Å². The number of sulfonamides is 1. The van der Waals surface area contributed by atoms with E-state index < -0.39 is 15.6 Å². The maximum absolute atomic E-state index is 12.4. The molecule has 0 aliphatic carbocycles. The molecule has 0 saturated carbocycles. The SMILES string of the molecule is CCOc1ccc(Br)cc1S(=O)(=O)NCC(O)(CC)CC. The number of rotatable bonds is 8. The Morgan fingerprint density at radius 2 is 1.90 bits per heavy atom. The van der Waals surface area contributed by atoms with Crippen LogP contribution in [0.5, 0.6) is 5.75 Å². The highest BCUT2D eigenvalue weighted by Crippen LogP contribution is 2.28. The van der Waals surface area contributed by atoms with E-state index in [9.17, 15) is 13.5 Å². The molecule has 1 aromatic carbocycles. The molecular formula is C14H22BrNO4S. The van der Waals surface area contributed by atoms with Gasteiger partial charge in [-0.15, -0.1) is 0 Å². The summed E-state index contributed by atoms with van der Waals surface area (Å²) < 4.78 is 33.3. The molecule has 1 rings (SSSR count). The summed E-state index contributed by atoms with van der Waals surface area (Å²) in [4.78, 5) is 0.0632. The third kappa shape index (κ3) is 4.95. The summed E-state index contributed by atoms with van der Waals surface area (Å²) in [5, 5.41) is 10.2. The molecule has 0 aromatic heterocycles. The quantitative estimate of drug-likeness (QED) is 0.727. The van der Waals surface area contributed by atoms with E-state index in [0.29, 0.717) is 29.7 Å². The minimum Gasteiger partial charge on any atom is -0.492 e. The van der Waals surface area contributed by atoms with Crippen LogP contribution in [0, 0.1) is 0 Å². The Morgan fingerprint density at radius 3 is 2.43 bits per heavy atom. The molecule has 1 aromatic rings. The molecule has 120 valence electrons. The van der Waals surface area contributed by atoms with Crippen molar-refractivity contribution < 1.29 is 18.3 Å². The summed E-state index contributed by atoms with van der Waals surface area (Å²) >= 11 is 3.26. The molecule has 0 amide bonds. The third-order valence-electron chi connectivity index (χ3n) is 3.40. The molecule has 7 heteroatoms. The molecule has 2 N–H and O–H groups in total. The van der Waals surface area contributed by atoms with Gasteiger partial charge in [0.1, 0.15) is 10.6 Å². The van der Waals surface area contributed by atoms with Gasteiger partial charge >= 0.3 is 0 Å². The van der Waals surface area contributed by atoms with E-state index >= 15 is 0 Å². The Hall–Kier alpha value is -0.630. The largest absolute Gasteiger partial charge is 0.492 e. The Balaban J connectivity index is 3.05. The van der Waals surface area contributed by atoms with Crippen molar-refractivity contribution in [2.75, 3.05) is 13.2 Å². The van der Waals surface area contributed by atoms with E-state index in [4.69, 9.17) is 4.74 Å². The molecule has 0 saturated heterocycles. The average Bonchev–Trinajstić information content (AvgIpc) is 2.47. The van der Waals surface area contributed by atoms with E-state index in [1.165, 1.54) is 6.07 Å². The second kappa shape index (κ2) is 7.58. The zero-order valence-electron chi connectivity index (χ0n) is 12.5. The van der Waals surface area contributed by atoms with Gasteiger partial charge in [0.25, 0.3) is 0 Å². The van der Waals surface area contributed by atoms with Gasteiger partial charge in [-0.05, 0) is 38.0 Å². The van der Waals surface area contributed by atoms with Gasteiger partial charge in [-0.1, -0.05) is 29.8 Å². The number of benzene rings is 1. The van der Waals surface area contributed by atoms with Crippen molar-refractivity contribution >= 4 is 26.0 Å². The monoisotopic (exact) mass is 379 g/mol. The maximum atomic E-state index is 12.4.